The van der Waals surface area contributed by atoms with Crippen molar-refractivity contribution in [1.29, 1.82) is 0 Å². The van der Waals surface area contributed by atoms with Gasteiger partial charge in [0.2, 0.25) is 0 Å². The minimum Gasteiger partial charge on any atom is -0.319 e. The van der Waals surface area contributed by atoms with Gasteiger partial charge in [-0.3, -0.25) is 4.79 Å². The zero-order valence-corrected chi connectivity index (χ0v) is 13.1. The van der Waals surface area contributed by atoms with Gasteiger partial charge >= 0.3 is 0 Å². The van der Waals surface area contributed by atoms with Gasteiger partial charge in [0.1, 0.15) is 0 Å². The van der Waals surface area contributed by atoms with Gasteiger partial charge in [0.05, 0.1) is 15.7 Å². The molecule has 98 valence electrons. The highest BCUT2D eigenvalue weighted by molar-refractivity contribution is 9.10. The molecule has 0 aliphatic heterocycles. The van der Waals surface area contributed by atoms with E-state index >= 15 is 0 Å². The Morgan fingerprint density at radius 2 is 1.79 bits per heavy atom. The minimum absolute atomic E-state index is 0.242. The standard InChI is InChI=1S/C14H10BrCl2NO/c1-8-5-6-9(15)7-10(8)14(19)18-13-11(16)3-2-4-12(13)17/h2-7H,1H3,(H,18,19). The zero-order valence-electron chi connectivity index (χ0n) is 10.0. The lowest BCUT2D eigenvalue weighted by Gasteiger charge is -2.11. The van der Waals surface area contributed by atoms with Crippen LogP contribution < -0.4 is 5.32 Å². The summed E-state index contributed by atoms with van der Waals surface area (Å²) in [7, 11) is 0. The number of aryl methyl sites for hydroxylation is 1. The van der Waals surface area contributed by atoms with E-state index in [0.717, 1.165) is 10.0 Å². The van der Waals surface area contributed by atoms with Crippen LogP contribution in [0.1, 0.15) is 15.9 Å². The first-order chi connectivity index (χ1) is 8.99. The van der Waals surface area contributed by atoms with E-state index in [-0.39, 0.29) is 5.91 Å². The van der Waals surface area contributed by atoms with Crippen molar-refractivity contribution in [1.82, 2.24) is 0 Å². The summed E-state index contributed by atoms with van der Waals surface area (Å²) in [6.07, 6.45) is 0. The molecule has 0 bridgehead atoms. The number of carbonyl (C=O) groups is 1. The third kappa shape index (κ3) is 3.30. The van der Waals surface area contributed by atoms with E-state index in [1.54, 1.807) is 24.3 Å². The Kier molecular flexibility index (Phi) is 4.50. The molecular formula is C14H10BrCl2NO. The van der Waals surface area contributed by atoms with Gasteiger partial charge in [-0.05, 0) is 36.8 Å². The highest BCUT2D eigenvalue weighted by atomic mass is 79.9. The maximum absolute atomic E-state index is 12.2. The minimum atomic E-state index is -0.242. The van der Waals surface area contributed by atoms with Crippen molar-refractivity contribution in [2.24, 2.45) is 0 Å². The smallest absolute Gasteiger partial charge is 0.256 e. The molecule has 2 aromatic carbocycles. The summed E-state index contributed by atoms with van der Waals surface area (Å²) in [5, 5.41) is 3.56. The number of benzene rings is 2. The second-order valence-electron chi connectivity index (χ2n) is 4.01. The van der Waals surface area contributed by atoms with E-state index in [0.29, 0.717) is 21.3 Å². The summed E-state index contributed by atoms with van der Waals surface area (Å²) in [4.78, 5) is 12.2. The lowest BCUT2D eigenvalue weighted by Crippen LogP contribution is -2.14. The Hall–Kier alpha value is -1.03. The van der Waals surface area contributed by atoms with E-state index in [2.05, 4.69) is 21.2 Å². The monoisotopic (exact) mass is 357 g/mol. The number of carbonyl (C=O) groups excluding carboxylic acids is 1. The first-order valence-corrected chi connectivity index (χ1v) is 7.05. The summed E-state index contributed by atoms with van der Waals surface area (Å²) in [6, 6.07) is 10.6. The quantitative estimate of drug-likeness (QED) is 0.773. The van der Waals surface area contributed by atoms with Gasteiger partial charge in [0.15, 0.2) is 0 Å². The number of amides is 1. The van der Waals surface area contributed by atoms with E-state index in [1.165, 1.54) is 0 Å². The van der Waals surface area contributed by atoms with Crippen molar-refractivity contribution in [3.8, 4) is 0 Å². The fraction of sp³-hybridized carbons (Fsp3) is 0.0714. The lowest BCUT2D eigenvalue weighted by molar-refractivity contribution is 0.102. The van der Waals surface area contributed by atoms with Crippen molar-refractivity contribution in [2.45, 2.75) is 6.92 Å². The molecule has 0 fully saturated rings. The van der Waals surface area contributed by atoms with Crippen LogP contribution in [-0.4, -0.2) is 5.91 Å². The summed E-state index contributed by atoms with van der Waals surface area (Å²) < 4.78 is 0.841. The first kappa shape index (κ1) is 14.4. The van der Waals surface area contributed by atoms with Crippen LogP contribution in [0.3, 0.4) is 0 Å². The second-order valence-corrected chi connectivity index (χ2v) is 5.74. The average molecular weight is 359 g/mol. The summed E-state index contributed by atoms with van der Waals surface area (Å²) in [5.41, 5.74) is 1.88. The van der Waals surface area contributed by atoms with Gasteiger partial charge in [-0.1, -0.05) is 51.3 Å². The van der Waals surface area contributed by atoms with Crippen molar-refractivity contribution in [3.63, 3.8) is 0 Å². The average Bonchev–Trinajstić information content (AvgIpc) is 2.37. The fourth-order valence-electron chi connectivity index (χ4n) is 1.64. The van der Waals surface area contributed by atoms with Crippen LogP contribution in [0.15, 0.2) is 40.9 Å². The van der Waals surface area contributed by atoms with Gasteiger partial charge in [0.25, 0.3) is 5.91 Å². The Morgan fingerprint density at radius 3 is 2.42 bits per heavy atom. The van der Waals surface area contributed by atoms with Crippen LogP contribution in [0.25, 0.3) is 0 Å². The van der Waals surface area contributed by atoms with E-state index in [4.69, 9.17) is 23.2 Å². The molecule has 1 N–H and O–H groups in total. The lowest BCUT2D eigenvalue weighted by atomic mass is 10.1. The Bertz CT molecular complexity index is 623. The topological polar surface area (TPSA) is 29.1 Å². The molecule has 19 heavy (non-hydrogen) atoms. The molecule has 2 rings (SSSR count). The van der Waals surface area contributed by atoms with Crippen LogP contribution in [0.4, 0.5) is 5.69 Å². The van der Waals surface area contributed by atoms with Gasteiger partial charge in [-0.2, -0.15) is 0 Å². The van der Waals surface area contributed by atoms with Crippen LogP contribution in [0.5, 0.6) is 0 Å². The number of para-hydroxylation sites is 1. The SMILES string of the molecule is Cc1ccc(Br)cc1C(=O)Nc1c(Cl)cccc1Cl. The summed E-state index contributed by atoms with van der Waals surface area (Å²) >= 11 is 15.4. The molecule has 2 nitrogen and oxygen atoms in total. The first-order valence-electron chi connectivity index (χ1n) is 5.50. The third-order valence-electron chi connectivity index (χ3n) is 2.65. The second kappa shape index (κ2) is 5.95. The number of rotatable bonds is 2. The highest BCUT2D eigenvalue weighted by Gasteiger charge is 2.13. The van der Waals surface area contributed by atoms with E-state index < -0.39 is 0 Å². The largest absolute Gasteiger partial charge is 0.319 e. The molecule has 0 saturated carbocycles. The zero-order chi connectivity index (χ0) is 14.0. The molecule has 0 aliphatic rings. The van der Waals surface area contributed by atoms with Gasteiger partial charge < -0.3 is 5.32 Å². The van der Waals surface area contributed by atoms with Crippen LogP contribution in [0.2, 0.25) is 10.0 Å². The van der Waals surface area contributed by atoms with Crippen LogP contribution in [-0.2, 0) is 0 Å². The molecule has 0 unspecified atom stereocenters. The van der Waals surface area contributed by atoms with E-state index in [9.17, 15) is 4.79 Å². The van der Waals surface area contributed by atoms with Crippen molar-refractivity contribution >= 4 is 50.7 Å². The molecule has 2 aromatic rings. The molecule has 0 atom stereocenters. The third-order valence-corrected chi connectivity index (χ3v) is 3.77. The molecule has 5 heteroatoms. The molecule has 0 aromatic heterocycles. The molecule has 0 radical (unpaired) electrons. The Labute approximate surface area is 129 Å². The Balaban J connectivity index is 2.34. The fourth-order valence-corrected chi connectivity index (χ4v) is 2.49. The molecule has 0 saturated heterocycles. The van der Waals surface area contributed by atoms with Crippen molar-refractivity contribution in [2.75, 3.05) is 5.32 Å². The molecule has 0 spiro atoms. The van der Waals surface area contributed by atoms with E-state index in [1.807, 2.05) is 19.1 Å². The summed E-state index contributed by atoms with van der Waals surface area (Å²) in [6.45, 7) is 1.87. The Morgan fingerprint density at radius 1 is 1.16 bits per heavy atom. The molecule has 0 heterocycles. The number of hydrogen-bond donors (Lipinski definition) is 1. The summed E-state index contributed by atoms with van der Waals surface area (Å²) in [5.74, 6) is -0.242. The molecular weight excluding hydrogens is 349 g/mol. The molecule has 1 amide bonds. The predicted octanol–water partition coefficient (Wildman–Crippen LogP) is 5.32. The molecule has 0 aliphatic carbocycles. The number of nitrogens with one attached hydrogen (secondary N) is 1. The highest BCUT2D eigenvalue weighted by Crippen LogP contribution is 2.30. The maximum Gasteiger partial charge on any atom is 0.256 e. The van der Waals surface area contributed by atoms with Gasteiger partial charge in [-0.15, -0.1) is 0 Å². The number of halogens is 3. The predicted molar refractivity (Wildman–Crippen MR) is 83.3 cm³/mol. The van der Waals surface area contributed by atoms with Crippen molar-refractivity contribution in [3.05, 3.63) is 62.0 Å². The van der Waals surface area contributed by atoms with Crippen molar-refractivity contribution < 1.29 is 4.79 Å². The maximum atomic E-state index is 12.2. The normalized spacial score (nSPS) is 10.3. The van der Waals surface area contributed by atoms with Crippen LogP contribution >= 0.6 is 39.1 Å². The van der Waals surface area contributed by atoms with Gasteiger partial charge in [0, 0.05) is 10.0 Å². The van der Waals surface area contributed by atoms with Gasteiger partial charge in [-0.25, -0.2) is 0 Å². The van der Waals surface area contributed by atoms with Crippen LogP contribution in [0, 0.1) is 6.92 Å². The number of hydrogen-bond acceptors (Lipinski definition) is 1. The number of anilines is 1.